The van der Waals surface area contributed by atoms with Gasteiger partial charge in [-0.2, -0.15) is 11.8 Å². The lowest BCUT2D eigenvalue weighted by Gasteiger charge is -1.99. The monoisotopic (exact) mass is 288 g/mol. The number of halogens is 3. The fourth-order valence-corrected chi connectivity index (χ4v) is 3.14. The Morgan fingerprint density at radius 1 is 1.29 bits per heavy atom. The molecule has 1 aromatic rings. The van der Waals surface area contributed by atoms with E-state index in [9.17, 15) is 0 Å². The average molecular weight is 290 g/mol. The molecule has 78 valence electrons. The molecular formula is C8H7Cl3OS2. The van der Waals surface area contributed by atoms with Crippen molar-refractivity contribution in [2.24, 2.45) is 0 Å². The zero-order valence-electron chi connectivity index (χ0n) is 7.06. The normalized spacial score (nSPS) is 20.1. The van der Waals surface area contributed by atoms with Gasteiger partial charge in [-0.25, -0.2) is 0 Å². The molecule has 0 bridgehead atoms. The van der Waals surface area contributed by atoms with Crippen LogP contribution in [0.2, 0.25) is 14.4 Å². The van der Waals surface area contributed by atoms with Gasteiger partial charge >= 0.3 is 0 Å². The van der Waals surface area contributed by atoms with Gasteiger partial charge in [-0.1, -0.05) is 34.8 Å². The Balaban J connectivity index is 1.90. The second-order valence-corrected chi connectivity index (χ2v) is 6.69. The van der Waals surface area contributed by atoms with Crippen molar-refractivity contribution in [1.82, 2.24) is 0 Å². The van der Waals surface area contributed by atoms with Crippen molar-refractivity contribution in [3.8, 4) is 0 Å². The van der Waals surface area contributed by atoms with Crippen LogP contribution in [0.1, 0.15) is 4.88 Å². The summed E-state index contributed by atoms with van der Waals surface area (Å²) in [7, 11) is 0. The van der Waals surface area contributed by atoms with Crippen LogP contribution in [-0.2, 0) is 11.3 Å². The number of hydrogen-bond donors (Lipinski definition) is 0. The molecule has 2 heterocycles. The molecular weight excluding hydrogens is 283 g/mol. The number of thiophene rings is 1. The van der Waals surface area contributed by atoms with Gasteiger partial charge in [0.2, 0.25) is 0 Å². The summed E-state index contributed by atoms with van der Waals surface area (Å²) in [6.07, 6.45) is 0. The second kappa shape index (κ2) is 4.81. The van der Waals surface area contributed by atoms with Gasteiger partial charge in [-0.3, -0.25) is 0 Å². The topological polar surface area (TPSA) is 9.23 Å². The lowest BCUT2D eigenvalue weighted by molar-refractivity contribution is 0.131. The Labute approximate surface area is 106 Å². The van der Waals surface area contributed by atoms with E-state index in [1.807, 2.05) is 11.8 Å². The van der Waals surface area contributed by atoms with Crippen molar-refractivity contribution in [2.75, 3.05) is 12.4 Å². The minimum atomic E-state index is 0.442. The molecule has 1 aliphatic rings. The molecule has 0 aliphatic carbocycles. The Morgan fingerprint density at radius 3 is 2.50 bits per heavy atom. The van der Waals surface area contributed by atoms with E-state index in [0.29, 0.717) is 26.2 Å². The number of thioether (sulfide) groups is 1. The molecule has 1 unspecified atom stereocenters. The van der Waals surface area contributed by atoms with E-state index in [1.165, 1.54) is 17.1 Å². The predicted molar refractivity (Wildman–Crippen MR) is 65.3 cm³/mol. The highest BCUT2D eigenvalue weighted by Gasteiger charge is 2.22. The molecule has 6 heteroatoms. The molecule has 0 N–H and O–H groups in total. The fourth-order valence-electron chi connectivity index (χ4n) is 0.947. The number of hydrogen-bond acceptors (Lipinski definition) is 3. The lowest BCUT2D eigenvalue weighted by Crippen LogP contribution is -1.99. The van der Waals surface area contributed by atoms with Crippen LogP contribution in [0.15, 0.2) is 0 Å². The summed E-state index contributed by atoms with van der Waals surface area (Å²) in [5.41, 5.74) is 0. The Morgan fingerprint density at radius 2 is 2.00 bits per heavy atom. The first-order valence-corrected chi connectivity index (χ1v) is 7.00. The average Bonchev–Trinajstić information content (AvgIpc) is 2.93. The molecule has 1 aliphatic heterocycles. The first kappa shape index (κ1) is 11.4. The van der Waals surface area contributed by atoms with Crippen LogP contribution in [0, 0.1) is 0 Å². The lowest BCUT2D eigenvalue weighted by atomic mass is 10.5. The van der Waals surface area contributed by atoms with Crippen molar-refractivity contribution in [3.63, 3.8) is 0 Å². The molecule has 0 saturated carbocycles. The molecule has 0 radical (unpaired) electrons. The van der Waals surface area contributed by atoms with Crippen molar-refractivity contribution in [2.45, 2.75) is 11.9 Å². The maximum absolute atomic E-state index is 5.95. The van der Waals surface area contributed by atoms with Crippen LogP contribution in [-0.4, -0.2) is 17.6 Å². The van der Waals surface area contributed by atoms with Gasteiger partial charge in [-0.05, 0) is 0 Å². The highest BCUT2D eigenvalue weighted by molar-refractivity contribution is 8.06. The summed E-state index contributed by atoms with van der Waals surface area (Å²) in [5, 5.41) is 1.66. The van der Waals surface area contributed by atoms with Crippen LogP contribution >= 0.6 is 57.9 Å². The van der Waals surface area contributed by atoms with E-state index < -0.39 is 0 Å². The summed E-state index contributed by atoms with van der Waals surface area (Å²) in [6, 6.07) is 0. The Hall–Kier alpha value is 0.880. The van der Waals surface area contributed by atoms with E-state index in [4.69, 9.17) is 39.5 Å². The molecule has 1 fully saturated rings. The molecule has 1 saturated heterocycles. The van der Waals surface area contributed by atoms with Crippen LogP contribution in [0.4, 0.5) is 0 Å². The van der Waals surface area contributed by atoms with E-state index in [1.54, 1.807) is 0 Å². The molecule has 0 aromatic carbocycles. The summed E-state index contributed by atoms with van der Waals surface area (Å²) in [6.45, 7) is 1.29. The zero-order chi connectivity index (χ0) is 10.1. The van der Waals surface area contributed by atoms with Crippen molar-refractivity contribution in [3.05, 3.63) is 19.3 Å². The minimum Gasteiger partial charge on any atom is -0.375 e. The number of ether oxygens (including phenoxy) is 1. The molecule has 1 atom stereocenters. The van der Waals surface area contributed by atoms with Crippen molar-refractivity contribution in [1.29, 1.82) is 0 Å². The summed E-state index contributed by atoms with van der Waals surface area (Å²) in [5.74, 6) is 1.21. The van der Waals surface area contributed by atoms with Gasteiger partial charge in [0, 0.05) is 11.0 Å². The molecule has 14 heavy (non-hydrogen) atoms. The summed E-state index contributed by atoms with van der Waals surface area (Å²) >= 11 is 20.9. The van der Waals surface area contributed by atoms with Crippen molar-refractivity contribution < 1.29 is 4.74 Å². The first-order chi connectivity index (χ1) is 6.68. The van der Waals surface area contributed by atoms with Gasteiger partial charge in [0.05, 0.1) is 28.1 Å². The van der Waals surface area contributed by atoms with Gasteiger partial charge in [0.25, 0.3) is 0 Å². The van der Waals surface area contributed by atoms with Crippen molar-refractivity contribution >= 4 is 57.9 Å². The van der Waals surface area contributed by atoms with Gasteiger partial charge in [-0.15, -0.1) is 11.3 Å². The third-order valence-electron chi connectivity index (χ3n) is 1.76. The third-order valence-corrected chi connectivity index (χ3v) is 5.29. The van der Waals surface area contributed by atoms with Crippen LogP contribution in [0.3, 0.4) is 0 Å². The Kier molecular flexibility index (Phi) is 3.91. The SMILES string of the molecule is Clc1sc(COCC2CS2)c(Cl)c1Cl. The quantitative estimate of drug-likeness (QED) is 0.763. The highest BCUT2D eigenvalue weighted by atomic mass is 35.5. The molecule has 1 aromatic heterocycles. The summed E-state index contributed by atoms with van der Waals surface area (Å²) in [4.78, 5) is 0.910. The van der Waals surface area contributed by atoms with Gasteiger partial charge in [0.1, 0.15) is 4.34 Å². The third kappa shape index (κ3) is 2.71. The van der Waals surface area contributed by atoms with E-state index in [-0.39, 0.29) is 0 Å². The molecule has 0 amide bonds. The summed E-state index contributed by atoms with van der Waals surface area (Å²) < 4.78 is 6.02. The molecule has 2 rings (SSSR count). The standard InChI is InChI=1S/C8H7Cl3OS2/c9-6-5(14-8(11)7(6)10)2-12-1-4-3-13-4/h4H,1-3H2. The van der Waals surface area contributed by atoms with Crippen LogP contribution in [0.25, 0.3) is 0 Å². The maximum Gasteiger partial charge on any atom is 0.113 e. The van der Waals surface area contributed by atoms with Crippen LogP contribution in [0.5, 0.6) is 0 Å². The smallest absolute Gasteiger partial charge is 0.113 e. The predicted octanol–water partition coefficient (Wildman–Crippen LogP) is 4.34. The van der Waals surface area contributed by atoms with E-state index in [0.717, 1.165) is 11.5 Å². The maximum atomic E-state index is 5.95. The molecule has 1 nitrogen and oxygen atoms in total. The van der Waals surface area contributed by atoms with Gasteiger partial charge < -0.3 is 4.74 Å². The fraction of sp³-hybridized carbons (Fsp3) is 0.500. The largest absolute Gasteiger partial charge is 0.375 e. The molecule has 0 spiro atoms. The number of rotatable bonds is 4. The van der Waals surface area contributed by atoms with Crippen LogP contribution < -0.4 is 0 Å². The van der Waals surface area contributed by atoms with E-state index >= 15 is 0 Å². The zero-order valence-corrected chi connectivity index (χ0v) is 11.0. The first-order valence-electron chi connectivity index (χ1n) is 4.00. The van der Waals surface area contributed by atoms with Gasteiger partial charge in [0.15, 0.2) is 0 Å². The highest BCUT2D eigenvalue weighted by Crippen LogP contribution is 2.40. The minimum absolute atomic E-state index is 0.442. The van der Waals surface area contributed by atoms with E-state index in [2.05, 4.69) is 0 Å². The second-order valence-electron chi connectivity index (χ2n) is 2.90. The Bertz CT molecular complexity index is 336.